The van der Waals surface area contributed by atoms with Crippen LogP contribution >= 0.6 is 0 Å². The van der Waals surface area contributed by atoms with E-state index in [1.54, 1.807) is 13.8 Å². The van der Waals surface area contributed by atoms with Crippen molar-refractivity contribution in [2.45, 2.75) is 24.8 Å². The summed E-state index contributed by atoms with van der Waals surface area (Å²) in [5.41, 5.74) is 0.378. The van der Waals surface area contributed by atoms with Crippen LogP contribution in [-0.4, -0.2) is 41.5 Å². The van der Waals surface area contributed by atoms with Gasteiger partial charge in [0.1, 0.15) is 5.75 Å². The van der Waals surface area contributed by atoms with Crippen molar-refractivity contribution >= 4 is 25.5 Å². The number of anilines is 1. The second-order valence-electron chi connectivity index (χ2n) is 4.65. The summed E-state index contributed by atoms with van der Waals surface area (Å²) < 4.78 is 51.0. The van der Waals surface area contributed by atoms with Crippen LogP contribution in [0.25, 0.3) is 0 Å². The van der Waals surface area contributed by atoms with Crippen LogP contribution in [0.4, 0.5) is 5.69 Å². The Labute approximate surface area is 125 Å². The van der Waals surface area contributed by atoms with E-state index in [-0.39, 0.29) is 16.4 Å². The van der Waals surface area contributed by atoms with E-state index in [2.05, 4.69) is 5.32 Å². The van der Waals surface area contributed by atoms with Crippen molar-refractivity contribution in [1.29, 1.82) is 0 Å². The topological polar surface area (TPSA) is 116 Å². The van der Waals surface area contributed by atoms with Crippen LogP contribution in [0.5, 0.6) is 5.75 Å². The Kier molecular flexibility index (Phi) is 5.60. The fraction of sp³-hybridized carbons (Fsp3) is 0.500. The molecule has 1 rings (SSSR count). The number of nitrogens with one attached hydrogen (secondary N) is 1. The fourth-order valence-corrected chi connectivity index (χ4v) is 3.40. The van der Waals surface area contributed by atoms with E-state index in [9.17, 15) is 16.8 Å². The highest BCUT2D eigenvalue weighted by atomic mass is 32.2. The van der Waals surface area contributed by atoms with Crippen LogP contribution in [0.3, 0.4) is 0 Å². The summed E-state index contributed by atoms with van der Waals surface area (Å²) in [4.78, 5) is -0.0728. The molecule has 0 aliphatic rings. The number of nitrogens with two attached hydrogens (primary N) is 1. The van der Waals surface area contributed by atoms with Gasteiger partial charge in [0.05, 0.1) is 23.4 Å². The number of methoxy groups -OCH3 is 1. The molecule has 0 aromatic heterocycles. The Morgan fingerprint density at radius 3 is 2.38 bits per heavy atom. The summed E-state index contributed by atoms with van der Waals surface area (Å²) in [7, 11) is -5.55. The summed E-state index contributed by atoms with van der Waals surface area (Å²) in [5, 5.41) is 8.02. The lowest BCUT2D eigenvalue weighted by Crippen LogP contribution is -2.27. The Morgan fingerprint density at radius 1 is 1.29 bits per heavy atom. The summed E-state index contributed by atoms with van der Waals surface area (Å²) in [6.45, 7) is 3.26. The van der Waals surface area contributed by atoms with E-state index in [1.807, 2.05) is 0 Å². The van der Waals surface area contributed by atoms with Gasteiger partial charge in [-0.2, -0.15) is 0 Å². The highest BCUT2D eigenvalue weighted by molar-refractivity contribution is 7.91. The van der Waals surface area contributed by atoms with E-state index in [0.717, 1.165) is 0 Å². The highest BCUT2D eigenvalue weighted by Crippen LogP contribution is 2.27. The minimum absolute atomic E-state index is 0.0490. The number of rotatable bonds is 7. The zero-order valence-electron chi connectivity index (χ0n) is 12.2. The number of benzene rings is 1. The van der Waals surface area contributed by atoms with Crippen molar-refractivity contribution in [2.75, 3.05) is 23.9 Å². The first-order chi connectivity index (χ1) is 9.59. The van der Waals surface area contributed by atoms with Gasteiger partial charge in [0.2, 0.25) is 10.0 Å². The average molecular weight is 336 g/mol. The first-order valence-corrected chi connectivity index (χ1v) is 9.63. The number of sulfonamides is 1. The molecule has 120 valence electrons. The van der Waals surface area contributed by atoms with Crippen molar-refractivity contribution in [1.82, 2.24) is 0 Å². The maximum absolute atomic E-state index is 11.6. The molecule has 0 saturated heterocycles. The quantitative estimate of drug-likeness (QED) is 0.752. The molecule has 7 nitrogen and oxygen atoms in total. The third-order valence-electron chi connectivity index (χ3n) is 2.85. The number of hydrogen-bond donors (Lipinski definition) is 2. The first kappa shape index (κ1) is 17.7. The zero-order chi connectivity index (χ0) is 16.3. The zero-order valence-corrected chi connectivity index (χ0v) is 13.8. The SMILES string of the molecule is CCS(=O)(=O)CC(C)Nc1cc(S(N)(=O)=O)ccc1OC. The normalized spacial score (nSPS) is 13.7. The van der Waals surface area contributed by atoms with Crippen LogP contribution in [0.1, 0.15) is 13.8 Å². The molecule has 1 aromatic carbocycles. The Morgan fingerprint density at radius 2 is 1.90 bits per heavy atom. The van der Waals surface area contributed by atoms with Gasteiger partial charge < -0.3 is 10.1 Å². The largest absolute Gasteiger partial charge is 0.495 e. The number of hydrogen-bond acceptors (Lipinski definition) is 6. The molecule has 1 aromatic rings. The second kappa shape index (κ2) is 6.63. The van der Waals surface area contributed by atoms with Crippen molar-refractivity contribution < 1.29 is 21.6 Å². The van der Waals surface area contributed by atoms with Crippen LogP contribution in [-0.2, 0) is 19.9 Å². The Balaban J connectivity index is 3.06. The monoisotopic (exact) mass is 336 g/mol. The predicted octanol–water partition coefficient (Wildman–Crippen LogP) is 0.578. The molecule has 21 heavy (non-hydrogen) atoms. The number of primary sulfonamides is 1. The molecule has 0 amide bonds. The third-order valence-corrected chi connectivity index (χ3v) is 5.64. The van der Waals surface area contributed by atoms with Gasteiger partial charge in [-0.05, 0) is 25.1 Å². The maximum Gasteiger partial charge on any atom is 0.238 e. The van der Waals surface area contributed by atoms with Crippen molar-refractivity contribution in [2.24, 2.45) is 5.14 Å². The molecular formula is C12H20N2O5S2. The van der Waals surface area contributed by atoms with Gasteiger partial charge in [0.25, 0.3) is 0 Å². The predicted molar refractivity (Wildman–Crippen MR) is 81.8 cm³/mol. The van der Waals surface area contributed by atoms with Gasteiger partial charge in [-0.1, -0.05) is 6.92 Å². The first-order valence-electron chi connectivity index (χ1n) is 6.27. The van der Waals surface area contributed by atoms with Gasteiger partial charge in [0, 0.05) is 11.8 Å². The van der Waals surface area contributed by atoms with Gasteiger partial charge in [-0.25, -0.2) is 22.0 Å². The fourth-order valence-electron chi connectivity index (χ4n) is 1.78. The number of sulfone groups is 1. The summed E-state index contributed by atoms with van der Waals surface area (Å²) in [6, 6.07) is 3.71. The van der Waals surface area contributed by atoms with Crippen molar-refractivity contribution in [3.8, 4) is 5.75 Å². The van der Waals surface area contributed by atoms with E-state index in [0.29, 0.717) is 11.4 Å². The Hall–Kier alpha value is -1.32. The van der Waals surface area contributed by atoms with Crippen molar-refractivity contribution in [3.05, 3.63) is 18.2 Å². The van der Waals surface area contributed by atoms with Crippen LogP contribution in [0.15, 0.2) is 23.1 Å². The highest BCUT2D eigenvalue weighted by Gasteiger charge is 2.17. The third kappa shape index (κ3) is 5.18. The molecule has 3 N–H and O–H groups in total. The van der Waals surface area contributed by atoms with Gasteiger partial charge >= 0.3 is 0 Å². The molecule has 1 atom stereocenters. The van der Waals surface area contributed by atoms with Crippen LogP contribution < -0.4 is 15.2 Å². The molecule has 0 aliphatic heterocycles. The lowest BCUT2D eigenvalue weighted by Gasteiger charge is -2.18. The van der Waals surface area contributed by atoms with Crippen LogP contribution in [0, 0.1) is 0 Å². The molecule has 0 fully saturated rings. The average Bonchev–Trinajstić information content (AvgIpc) is 2.36. The standard InChI is InChI=1S/C12H20N2O5S2/c1-4-20(15,16)8-9(2)14-11-7-10(21(13,17)18)5-6-12(11)19-3/h5-7,9,14H,4,8H2,1-3H3,(H2,13,17,18). The van der Waals surface area contributed by atoms with Gasteiger partial charge in [-0.3, -0.25) is 0 Å². The minimum Gasteiger partial charge on any atom is -0.495 e. The molecule has 0 radical (unpaired) electrons. The molecular weight excluding hydrogens is 316 g/mol. The summed E-state index contributed by atoms with van der Waals surface area (Å²) in [6.07, 6.45) is 0. The van der Waals surface area contributed by atoms with Gasteiger partial charge in [0.15, 0.2) is 9.84 Å². The smallest absolute Gasteiger partial charge is 0.238 e. The molecule has 0 aliphatic carbocycles. The second-order valence-corrected chi connectivity index (χ2v) is 8.61. The molecule has 0 saturated carbocycles. The van der Waals surface area contributed by atoms with Crippen LogP contribution in [0.2, 0.25) is 0 Å². The summed E-state index contributed by atoms with van der Waals surface area (Å²) >= 11 is 0. The van der Waals surface area contributed by atoms with Gasteiger partial charge in [-0.15, -0.1) is 0 Å². The van der Waals surface area contributed by atoms with E-state index in [1.165, 1.54) is 25.3 Å². The number of ether oxygens (including phenoxy) is 1. The lowest BCUT2D eigenvalue weighted by atomic mass is 10.2. The van der Waals surface area contributed by atoms with E-state index >= 15 is 0 Å². The minimum atomic E-state index is -3.84. The summed E-state index contributed by atoms with van der Waals surface area (Å²) in [5.74, 6) is 0.391. The molecule has 1 unspecified atom stereocenters. The molecule has 0 heterocycles. The molecule has 0 bridgehead atoms. The van der Waals surface area contributed by atoms with E-state index < -0.39 is 25.9 Å². The van der Waals surface area contributed by atoms with Crippen molar-refractivity contribution in [3.63, 3.8) is 0 Å². The molecule has 9 heteroatoms. The maximum atomic E-state index is 11.6. The lowest BCUT2D eigenvalue weighted by molar-refractivity contribution is 0.415. The molecule has 0 spiro atoms. The Bertz CT molecular complexity index is 698. The van der Waals surface area contributed by atoms with E-state index in [4.69, 9.17) is 9.88 Å².